The molecular weight excluding hydrogens is 273 g/mol. The van der Waals surface area contributed by atoms with Gasteiger partial charge in [0.15, 0.2) is 0 Å². The van der Waals surface area contributed by atoms with Gasteiger partial charge in [0.1, 0.15) is 0 Å². The van der Waals surface area contributed by atoms with Crippen LogP contribution in [0.3, 0.4) is 0 Å². The maximum absolute atomic E-state index is 5.97. The topological polar surface area (TPSA) is 12.0 Å². The average Bonchev–Trinajstić information content (AvgIpc) is 2.24. The van der Waals surface area contributed by atoms with Gasteiger partial charge in [0.25, 0.3) is 0 Å². The van der Waals surface area contributed by atoms with E-state index in [1.54, 1.807) is 0 Å². The molecule has 1 N–H and O–H groups in total. The second kappa shape index (κ2) is 6.51. The third-order valence-corrected chi connectivity index (χ3v) is 3.61. The summed E-state index contributed by atoms with van der Waals surface area (Å²) in [5.41, 5.74) is 1.29. The molecule has 84 valence electrons. The smallest absolute Gasteiger partial charge is 0.0548 e. The molecule has 0 heterocycles. The summed E-state index contributed by atoms with van der Waals surface area (Å²) in [6.07, 6.45) is 2.25. The maximum Gasteiger partial charge on any atom is 0.0548 e. The minimum Gasteiger partial charge on any atom is -0.310 e. The molecule has 0 saturated carbocycles. The Morgan fingerprint density at radius 3 is 2.67 bits per heavy atom. The Kier molecular flexibility index (Phi) is 5.65. The third-order valence-electron chi connectivity index (χ3n) is 2.40. The molecular formula is C12H17BrClN. The van der Waals surface area contributed by atoms with Crippen LogP contribution in [0.25, 0.3) is 0 Å². The average molecular weight is 291 g/mol. The molecule has 0 radical (unpaired) electrons. The summed E-state index contributed by atoms with van der Waals surface area (Å²) >= 11 is 9.42. The number of nitrogens with one attached hydrogen (secondary N) is 1. The SMILES string of the molecule is CCCNC(CC)c1ccc(Cl)c(Br)c1. The van der Waals surface area contributed by atoms with Gasteiger partial charge in [-0.05, 0) is 53.0 Å². The molecule has 0 aliphatic heterocycles. The highest BCUT2D eigenvalue weighted by atomic mass is 79.9. The van der Waals surface area contributed by atoms with Crippen LogP contribution in [0.4, 0.5) is 0 Å². The van der Waals surface area contributed by atoms with Crippen molar-refractivity contribution in [2.24, 2.45) is 0 Å². The van der Waals surface area contributed by atoms with E-state index >= 15 is 0 Å². The van der Waals surface area contributed by atoms with Crippen LogP contribution in [0, 0.1) is 0 Å². The monoisotopic (exact) mass is 289 g/mol. The molecule has 1 nitrogen and oxygen atoms in total. The summed E-state index contributed by atoms with van der Waals surface area (Å²) in [5, 5.41) is 4.29. The van der Waals surface area contributed by atoms with Crippen molar-refractivity contribution in [3.05, 3.63) is 33.3 Å². The molecule has 0 fully saturated rings. The molecule has 1 aromatic rings. The van der Waals surface area contributed by atoms with Gasteiger partial charge in [0.2, 0.25) is 0 Å². The van der Waals surface area contributed by atoms with E-state index in [4.69, 9.17) is 11.6 Å². The lowest BCUT2D eigenvalue weighted by molar-refractivity contribution is 0.518. The second-order valence-corrected chi connectivity index (χ2v) is 4.85. The van der Waals surface area contributed by atoms with Gasteiger partial charge < -0.3 is 5.32 Å². The van der Waals surface area contributed by atoms with Crippen molar-refractivity contribution in [2.75, 3.05) is 6.54 Å². The largest absolute Gasteiger partial charge is 0.310 e. The fourth-order valence-electron chi connectivity index (χ4n) is 1.55. The van der Waals surface area contributed by atoms with Gasteiger partial charge in [-0.15, -0.1) is 0 Å². The van der Waals surface area contributed by atoms with E-state index in [2.05, 4.69) is 47.2 Å². The molecule has 1 aromatic carbocycles. The summed E-state index contributed by atoms with van der Waals surface area (Å²) in [7, 11) is 0. The quantitative estimate of drug-likeness (QED) is 0.838. The molecule has 0 saturated heterocycles. The van der Waals surface area contributed by atoms with E-state index in [1.807, 2.05) is 6.07 Å². The summed E-state index contributed by atoms with van der Waals surface area (Å²) in [6, 6.07) is 6.55. The van der Waals surface area contributed by atoms with Gasteiger partial charge in [-0.2, -0.15) is 0 Å². The molecule has 0 spiro atoms. The summed E-state index contributed by atoms with van der Waals surface area (Å²) < 4.78 is 0.971. The Morgan fingerprint density at radius 2 is 2.13 bits per heavy atom. The predicted molar refractivity (Wildman–Crippen MR) is 70.5 cm³/mol. The maximum atomic E-state index is 5.97. The molecule has 0 aromatic heterocycles. The summed E-state index contributed by atoms with van der Waals surface area (Å²) in [5.74, 6) is 0. The van der Waals surface area contributed by atoms with Gasteiger partial charge in [-0.25, -0.2) is 0 Å². The first kappa shape index (κ1) is 13.0. The van der Waals surface area contributed by atoms with Crippen LogP contribution >= 0.6 is 27.5 Å². The van der Waals surface area contributed by atoms with Crippen LogP contribution in [0.1, 0.15) is 38.3 Å². The minimum atomic E-state index is 0.429. The fraction of sp³-hybridized carbons (Fsp3) is 0.500. The molecule has 15 heavy (non-hydrogen) atoms. The third kappa shape index (κ3) is 3.78. The van der Waals surface area contributed by atoms with Crippen LogP contribution in [0.15, 0.2) is 22.7 Å². The Labute approximate surface area is 105 Å². The van der Waals surface area contributed by atoms with Crippen molar-refractivity contribution in [3.8, 4) is 0 Å². The van der Waals surface area contributed by atoms with Gasteiger partial charge in [-0.3, -0.25) is 0 Å². The normalized spacial score (nSPS) is 12.8. The zero-order valence-corrected chi connectivity index (χ0v) is 11.5. The van der Waals surface area contributed by atoms with Crippen molar-refractivity contribution < 1.29 is 0 Å². The fourth-order valence-corrected chi connectivity index (χ4v) is 2.06. The number of halogens is 2. The van der Waals surface area contributed by atoms with Crippen LogP contribution < -0.4 is 5.32 Å². The number of benzene rings is 1. The lowest BCUT2D eigenvalue weighted by Gasteiger charge is -2.17. The lowest BCUT2D eigenvalue weighted by atomic mass is 10.0. The molecule has 0 aliphatic carbocycles. The van der Waals surface area contributed by atoms with Gasteiger partial charge in [-0.1, -0.05) is 31.5 Å². The van der Waals surface area contributed by atoms with Crippen molar-refractivity contribution >= 4 is 27.5 Å². The van der Waals surface area contributed by atoms with E-state index in [0.717, 1.165) is 28.9 Å². The van der Waals surface area contributed by atoms with Crippen molar-refractivity contribution in [1.82, 2.24) is 5.32 Å². The molecule has 0 amide bonds. The number of rotatable bonds is 5. The van der Waals surface area contributed by atoms with Gasteiger partial charge in [0, 0.05) is 10.5 Å². The molecule has 3 heteroatoms. The highest BCUT2D eigenvalue weighted by Crippen LogP contribution is 2.27. The molecule has 0 aliphatic rings. The highest BCUT2D eigenvalue weighted by Gasteiger charge is 2.09. The Morgan fingerprint density at radius 1 is 1.40 bits per heavy atom. The van der Waals surface area contributed by atoms with Crippen molar-refractivity contribution in [3.63, 3.8) is 0 Å². The molecule has 1 unspecified atom stereocenters. The Bertz CT molecular complexity index is 314. The molecule has 1 atom stereocenters. The zero-order valence-electron chi connectivity index (χ0n) is 9.19. The second-order valence-electron chi connectivity index (χ2n) is 3.59. The van der Waals surface area contributed by atoms with Crippen LogP contribution in [-0.4, -0.2) is 6.54 Å². The van der Waals surface area contributed by atoms with Crippen LogP contribution in [-0.2, 0) is 0 Å². The highest BCUT2D eigenvalue weighted by molar-refractivity contribution is 9.10. The van der Waals surface area contributed by atoms with Crippen molar-refractivity contribution in [2.45, 2.75) is 32.7 Å². The van der Waals surface area contributed by atoms with E-state index in [-0.39, 0.29) is 0 Å². The number of hydrogen-bond donors (Lipinski definition) is 1. The predicted octanol–water partition coefficient (Wildman–Crippen LogP) is 4.55. The van der Waals surface area contributed by atoms with Gasteiger partial charge >= 0.3 is 0 Å². The van der Waals surface area contributed by atoms with Crippen molar-refractivity contribution in [1.29, 1.82) is 0 Å². The van der Waals surface area contributed by atoms with E-state index in [1.165, 1.54) is 5.56 Å². The van der Waals surface area contributed by atoms with Gasteiger partial charge in [0.05, 0.1) is 5.02 Å². The standard InChI is InChI=1S/C12H17BrClN/c1-3-7-15-12(4-2)9-5-6-11(14)10(13)8-9/h5-6,8,12,15H,3-4,7H2,1-2H3. The Hall–Kier alpha value is -0.0500. The summed E-state index contributed by atoms with van der Waals surface area (Å²) in [4.78, 5) is 0. The van der Waals surface area contributed by atoms with Crippen LogP contribution in [0.5, 0.6) is 0 Å². The van der Waals surface area contributed by atoms with E-state index < -0.39 is 0 Å². The first-order valence-electron chi connectivity index (χ1n) is 5.37. The Balaban J connectivity index is 2.78. The number of hydrogen-bond acceptors (Lipinski definition) is 1. The first-order chi connectivity index (χ1) is 7.19. The summed E-state index contributed by atoms with van der Waals surface area (Å²) in [6.45, 7) is 5.42. The molecule has 0 bridgehead atoms. The zero-order chi connectivity index (χ0) is 11.3. The van der Waals surface area contributed by atoms with Crippen LogP contribution in [0.2, 0.25) is 5.02 Å². The first-order valence-corrected chi connectivity index (χ1v) is 6.54. The lowest BCUT2D eigenvalue weighted by Crippen LogP contribution is -2.21. The molecule has 1 rings (SSSR count). The van der Waals surface area contributed by atoms with E-state index in [0.29, 0.717) is 6.04 Å². The van der Waals surface area contributed by atoms with E-state index in [9.17, 15) is 0 Å². The minimum absolute atomic E-state index is 0.429.